The van der Waals surface area contributed by atoms with Crippen LogP contribution in [0.3, 0.4) is 0 Å². The van der Waals surface area contributed by atoms with Crippen molar-refractivity contribution in [2.45, 2.75) is 43.1 Å². The Morgan fingerprint density at radius 2 is 1.77 bits per heavy atom. The van der Waals surface area contributed by atoms with E-state index in [0.717, 1.165) is 48.0 Å². The van der Waals surface area contributed by atoms with Crippen LogP contribution in [0.15, 0.2) is 59.8 Å². The van der Waals surface area contributed by atoms with Crippen molar-refractivity contribution in [3.63, 3.8) is 0 Å². The molecule has 31 heavy (non-hydrogen) atoms. The van der Waals surface area contributed by atoms with Crippen molar-refractivity contribution >= 4 is 23.4 Å². The van der Waals surface area contributed by atoms with Gasteiger partial charge >= 0.3 is 0 Å². The highest BCUT2D eigenvalue weighted by molar-refractivity contribution is 8.00. The predicted octanol–water partition coefficient (Wildman–Crippen LogP) is 4.44. The molecule has 1 aliphatic carbocycles. The lowest BCUT2D eigenvalue weighted by molar-refractivity contribution is -0.120. The van der Waals surface area contributed by atoms with E-state index >= 15 is 0 Å². The first-order valence-corrected chi connectivity index (χ1v) is 11.8. The molecule has 1 aromatic heterocycles. The molecule has 7 heteroatoms. The van der Waals surface area contributed by atoms with Crippen molar-refractivity contribution in [2.75, 3.05) is 18.0 Å². The van der Waals surface area contributed by atoms with Gasteiger partial charge in [-0.2, -0.15) is 0 Å². The summed E-state index contributed by atoms with van der Waals surface area (Å²) >= 11 is 1.45. The van der Waals surface area contributed by atoms with Gasteiger partial charge in [0.05, 0.1) is 0 Å². The summed E-state index contributed by atoms with van der Waals surface area (Å²) < 4.78 is 1.97. The number of nitrogens with one attached hydrogen (secondary N) is 1. The van der Waals surface area contributed by atoms with Crippen molar-refractivity contribution in [3.05, 3.63) is 60.2 Å². The Balaban J connectivity index is 1.56. The van der Waals surface area contributed by atoms with Gasteiger partial charge in [0, 0.05) is 37.4 Å². The summed E-state index contributed by atoms with van der Waals surface area (Å²) in [5.41, 5.74) is 3.18. The Labute approximate surface area is 188 Å². The standard InChI is InChI=1S/C24H29N5OS/c1-4-29(5-2)20-15-11-18(12-16-20)22-26-27-24(28(22)3)31-21(17-9-7-6-8-10-17)23(30)25-19-13-14-19/h6-12,15-16,19,21H,4-5,13-14H2,1-3H3,(H,25,30). The number of hydrogen-bond donors (Lipinski definition) is 1. The van der Waals surface area contributed by atoms with Crippen molar-refractivity contribution in [2.24, 2.45) is 7.05 Å². The Bertz CT molecular complexity index is 1010. The van der Waals surface area contributed by atoms with Gasteiger partial charge in [-0.25, -0.2) is 0 Å². The molecule has 1 fully saturated rings. The van der Waals surface area contributed by atoms with Crippen molar-refractivity contribution < 1.29 is 4.79 Å². The van der Waals surface area contributed by atoms with Crippen LogP contribution in [0.4, 0.5) is 5.69 Å². The molecular formula is C24H29N5OS. The van der Waals surface area contributed by atoms with Crippen LogP contribution in [0.25, 0.3) is 11.4 Å². The molecule has 2 aromatic carbocycles. The average molecular weight is 436 g/mol. The number of benzene rings is 2. The molecule has 4 rings (SSSR count). The zero-order chi connectivity index (χ0) is 21.8. The molecular weight excluding hydrogens is 406 g/mol. The van der Waals surface area contributed by atoms with E-state index in [-0.39, 0.29) is 11.2 Å². The lowest BCUT2D eigenvalue weighted by atomic mass is 10.1. The van der Waals surface area contributed by atoms with Crippen molar-refractivity contribution in [3.8, 4) is 11.4 Å². The van der Waals surface area contributed by atoms with E-state index in [9.17, 15) is 4.79 Å². The molecule has 1 amide bonds. The molecule has 1 heterocycles. The molecule has 1 unspecified atom stereocenters. The lowest BCUT2D eigenvalue weighted by Crippen LogP contribution is -2.29. The minimum Gasteiger partial charge on any atom is -0.372 e. The fourth-order valence-electron chi connectivity index (χ4n) is 3.59. The molecule has 1 saturated carbocycles. The van der Waals surface area contributed by atoms with Gasteiger partial charge in [0.1, 0.15) is 5.25 Å². The number of hydrogen-bond acceptors (Lipinski definition) is 5. The highest BCUT2D eigenvalue weighted by Crippen LogP contribution is 2.36. The molecule has 1 atom stereocenters. The summed E-state index contributed by atoms with van der Waals surface area (Å²) in [7, 11) is 1.96. The monoisotopic (exact) mass is 435 g/mol. The highest BCUT2D eigenvalue weighted by Gasteiger charge is 2.30. The van der Waals surface area contributed by atoms with Gasteiger partial charge in [-0.1, -0.05) is 42.1 Å². The molecule has 0 bridgehead atoms. The van der Waals surface area contributed by atoms with E-state index in [4.69, 9.17) is 0 Å². The fourth-order valence-corrected chi connectivity index (χ4v) is 4.60. The summed E-state index contributed by atoms with van der Waals surface area (Å²) in [6, 6.07) is 18.6. The maximum atomic E-state index is 13.0. The second-order valence-electron chi connectivity index (χ2n) is 7.78. The molecule has 1 aliphatic rings. The maximum Gasteiger partial charge on any atom is 0.238 e. The zero-order valence-electron chi connectivity index (χ0n) is 18.3. The number of anilines is 1. The maximum absolute atomic E-state index is 13.0. The smallest absolute Gasteiger partial charge is 0.238 e. The Morgan fingerprint density at radius 1 is 1.10 bits per heavy atom. The van der Waals surface area contributed by atoms with Crippen LogP contribution in [-0.2, 0) is 11.8 Å². The average Bonchev–Trinajstić information content (AvgIpc) is 3.54. The molecule has 6 nitrogen and oxygen atoms in total. The van der Waals surface area contributed by atoms with Gasteiger partial charge in [-0.3, -0.25) is 4.79 Å². The molecule has 0 spiro atoms. The summed E-state index contributed by atoms with van der Waals surface area (Å²) in [4.78, 5) is 15.3. The van der Waals surface area contributed by atoms with Gasteiger partial charge < -0.3 is 14.8 Å². The van der Waals surface area contributed by atoms with Crippen molar-refractivity contribution in [1.82, 2.24) is 20.1 Å². The van der Waals surface area contributed by atoms with Crippen LogP contribution in [0.5, 0.6) is 0 Å². The Hall–Kier alpha value is -2.80. The molecule has 162 valence electrons. The fraction of sp³-hybridized carbons (Fsp3) is 0.375. The first kappa shape index (κ1) is 21.4. The van der Waals surface area contributed by atoms with Gasteiger partial charge in [-0.05, 0) is 56.5 Å². The van der Waals surface area contributed by atoms with E-state index < -0.39 is 0 Å². The minimum atomic E-state index is -0.359. The number of carbonyl (C=O) groups is 1. The zero-order valence-corrected chi connectivity index (χ0v) is 19.1. The summed E-state index contributed by atoms with van der Waals surface area (Å²) in [5.74, 6) is 0.829. The van der Waals surface area contributed by atoms with Crippen molar-refractivity contribution in [1.29, 1.82) is 0 Å². The van der Waals surface area contributed by atoms with Gasteiger partial charge in [0.15, 0.2) is 11.0 Å². The van der Waals surface area contributed by atoms with Crippen LogP contribution in [0.1, 0.15) is 37.5 Å². The normalized spacial score (nSPS) is 14.3. The molecule has 1 N–H and O–H groups in total. The first-order chi connectivity index (χ1) is 15.1. The van der Waals surface area contributed by atoms with E-state index in [1.165, 1.54) is 17.4 Å². The Morgan fingerprint density at radius 3 is 2.39 bits per heavy atom. The molecule has 0 radical (unpaired) electrons. The number of carbonyl (C=O) groups excluding carboxylic acids is 1. The third kappa shape index (κ3) is 4.93. The third-order valence-corrected chi connectivity index (χ3v) is 6.86. The second-order valence-corrected chi connectivity index (χ2v) is 8.85. The molecule has 0 saturated heterocycles. The SMILES string of the molecule is CCN(CC)c1ccc(-c2nnc(SC(C(=O)NC3CC3)c3ccccc3)n2C)cc1. The number of aromatic nitrogens is 3. The van der Waals surface area contributed by atoms with E-state index in [1.54, 1.807) is 0 Å². The van der Waals surface area contributed by atoms with E-state index in [1.807, 2.05) is 41.9 Å². The highest BCUT2D eigenvalue weighted by atomic mass is 32.2. The molecule has 3 aromatic rings. The quantitative estimate of drug-likeness (QED) is 0.504. The molecule has 0 aliphatic heterocycles. The van der Waals surface area contributed by atoms with Crippen LogP contribution in [0.2, 0.25) is 0 Å². The topological polar surface area (TPSA) is 63.1 Å². The van der Waals surface area contributed by atoms with Gasteiger partial charge in [0.25, 0.3) is 0 Å². The van der Waals surface area contributed by atoms with Crippen LogP contribution >= 0.6 is 11.8 Å². The van der Waals surface area contributed by atoms with Crippen LogP contribution in [0, 0.1) is 0 Å². The lowest BCUT2D eigenvalue weighted by Gasteiger charge is -2.21. The van der Waals surface area contributed by atoms with E-state index in [2.05, 4.69) is 58.5 Å². The predicted molar refractivity (Wildman–Crippen MR) is 126 cm³/mol. The number of thioether (sulfide) groups is 1. The van der Waals surface area contributed by atoms with Gasteiger partial charge in [-0.15, -0.1) is 10.2 Å². The van der Waals surface area contributed by atoms with Gasteiger partial charge in [0.2, 0.25) is 5.91 Å². The summed E-state index contributed by atoms with van der Waals surface area (Å²) in [6.07, 6.45) is 2.13. The Kier molecular flexibility index (Phi) is 6.61. The van der Waals surface area contributed by atoms with Crippen LogP contribution in [-0.4, -0.2) is 39.8 Å². The summed E-state index contributed by atoms with van der Waals surface area (Å²) in [6.45, 7) is 6.27. The third-order valence-electron chi connectivity index (χ3n) is 5.58. The van der Waals surface area contributed by atoms with Crippen LogP contribution < -0.4 is 10.2 Å². The number of amides is 1. The second kappa shape index (κ2) is 9.56. The minimum absolute atomic E-state index is 0.0341. The van der Waals surface area contributed by atoms with E-state index in [0.29, 0.717) is 6.04 Å². The number of nitrogens with zero attached hydrogens (tertiary/aromatic N) is 4. The number of rotatable bonds is 9. The largest absolute Gasteiger partial charge is 0.372 e. The first-order valence-electron chi connectivity index (χ1n) is 10.9. The summed E-state index contributed by atoms with van der Waals surface area (Å²) in [5, 5.41) is 12.3.